The summed E-state index contributed by atoms with van der Waals surface area (Å²) in [6, 6.07) is 23.2. The molecule has 3 aromatic carbocycles. The van der Waals surface area contributed by atoms with Gasteiger partial charge in [-0.2, -0.15) is 0 Å². The van der Waals surface area contributed by atoms with E-state index in [1.807, 2.05) is 72.8 Å². The smallest absolute Gasteiger partial charge is 0.307 e. The molecule has 1 fully saturated rings. The van der Waals surface area contributed by atoms with Crippen LogP contribution in [0.3, 0.4) is 0 Å². The highest BCUT2D eigenvalue weighted by Gasteiger charge is 2.19. The number of carboxylic acids is 1. The summed E-state index contributed by atoms with van der Waals surface area (Å²) >= 11 is 0. The van der Waals surface area contributed by atoms with Crippen molar-refractivity contribution in [2.24, 2.45) is 0 Å². The van der Waals surface area contributed by atoms with Gasteiger partial charge in [0.05, 0.1) is 18.2 Å². The first-order chi connectivity index (χ1) is 16.2. The lowest BCUT2D eigenvalue weighted by molar-refractivity contribution is -0.136. The van der Waals surface area contributed by atoms with Crippen LogP contribution in [0, 0.1) is 0 Å². The van der Waals surface area contributed by atoms with Crippen LogP contribution < -0.4 is 9.47 Å². The molecule has 0 spiro atoms. The van der Waals surface area contributed by atoms with E-state index in [-0.39, 0.29) is 12.5 Å². The molecule has 5 rings (SSSR count). The lowest BCUT2D eigenvalue weighted by atomic mass is 9.98. The number of para-hydroxylation sites is 1. The Bertz CT molecular complexity index is 1260. The third-order valence-corrected chi connectivity index (χ3v) is 6.16. The maximum atomic E-state index is 11.7. The number of rotatable bonds is 7. The van der Waals surface area contributed by atoms with Gasteiger partial charge in [0.15, 0.2) is 0 Å². The predicted molar refractivity (Wildman–Crippen MR) is 129 cm³/mol. The van der Waals surface area contributed by atoms with Crippen LogP contribution in [0.1, 0.15) is 37.7 Å². The number of ether oxygens (including phenoxy) is 2. The number of fused-ring (bicyclic) bond motifs is 1. The van der Waals surface area contributed by atoms with Crippen molar-refractivity contribution < 1.29 is 19.4 Å². The molecule has 0 radical (unpaired) electrons. The summed E-state index contributed by atoms with van der Waals surface area (Å²) in [7, 11) is 0. The van der Waals surface area contributed by atoms with Crippen LogP contribution in [0.25, 0.3) is 22.2 Å². The van der Waals surface area contributed by atoms with Crippen molar-refractivity contribution in [2.75, 3.05) is 0 Å². The van der Waals surface area contributed by atoms with Crippen LogP contribution in [0.5, 0.6) is 17.2 Å². The zero-order chi connectivity index (χ0) is 22.6. The SMILES string of the molecule is O=C(O)Cc1c(-c2cccc(Oc3ccccc3)c2)[nH]c2ccc(OC3CCCCC3)cc12. The van der Waals surface area contributed by atoms with Crippen LogP contribution in [0.15, 0.2) is 72.8 Å². The zero-order valence-corrected chi connectivity index (χ0v) is 18.4. The van der Waals surface area contributed by atoms with Gasteiger partial charge in [0, 0.05) is 16.5 Å². The second-order valence-electron chi connectivity index (χ2n) is 8.58. The van der Waals surface area contributed by atoms with Crippen LogP contribution >= 0.6 is 0 Å². The lowest BCUT2D eigenvalue weighted by Crippen LogP contribution is -2.19. The van der Waals surface area contributed by atoms with Crippen molar-refractivity contribution in [3.05, 3.63) is 78.4 Å². The normalized spacial score (nSPS) is 14.3. The molecule has 1 saturated carbocycles. The first kappa shape index (κ1) is 21.1. The van der Waals surface area contributed by atoms with Gasteiger partial charge in [0.2, 0.25) is 0 Å². The van der Waals surface area contributed by atoms with Crippen molar-refractivity contribution >= 4 is 16.9 Å². The first-order valence-electron chi connectivity index (χ1n) is 11.5. The summed E-state index contributed by atoms with van der Waals surface area (Å²) in [5.41, 5.74) is 3.32. The maximum absolute atomic E-state index is 11.7. The molecule has 0 aliphatic heterocycles. The molecule has 0 atom stereocenters. The number of carboxylic acid groups (broad SMARTS) is 1. The van der Waals surface area contributed by atoms with Gasteiger partial charge in [-0.15, -0.1) is 0 Å². The number of hydrogen-bond donors (Lipinski definition) is 2. The van der Waals surface area contributed by atoms with Crippen molar-refractivity contribution in [3.63, 3.8) is 0 Å². The molecule has 5 heteroatoms. The fraction of sp³-hybridized carbons (Fsp3) is 0.250. The van der Waals surface area contributed by atoms with Crippen LogP contribution in [0.2, 0.25) is 0 Å². The standard InChI is InChI=1S/C28H27NO4/c30-27(31)18-25-24-17-23(33-21-11-5-2-6-12-21)14-15-26(24)29-28(25)19-8-7-13-22(16-19)32-20-9-3-1-4-10-20/h1,3-4,7-10,13-17,21,29H,2,5-6,11-12,18H2,(H,30,31). The second-order valence-corrected chi connectivity index (χ2v) is 8.58. The Labute approximate surface area is 193 Å². The third kappa shape index (κ3) is 4.87. The number of aromatic amines is 1. The van der Waals surface area contributed by atoms with E-state index < -0.39 is 5.97 Å². The Morgan fingerprint density at radius 1 is 0.879 bits per heavy atom. The van der Waals surface area contributed by atoms with E-state index in [1.165, 1.54) is 19.3 Å². The van der Waals surface area contributed by atoms with Crippen LogP contribution in [-0.2, 0) is 11.2 Å². The highest BCUT2D eigenvalue weighted by Crippen LogP contribution is 2.36. The van der Waals surface area contributed by atoms with Gasteiger partial charge < -0.3 is 19.6 Å². The molecule has 0 saturated heterocycles. The summed E-state index contributed by atoms with van der Waals surface area (Å²) in [5, 5.41) is 10.5. The number of nitrogens with one attached hydrogen (secondary N) is 1. The van der Waals surface area contributed by atoms with E-state index in [0.29, 0.717) is 5.75 Å². The Kier molecular flexibility index (Phi) is 6.03. The van der Waals surface area contributed by atoms with Crippen molar-refractivity contribution in [1.82, 2.24) is 4.98 Å². The number of hydrogen-bond acceptors (Lipinski definition) is 3. The molecule has 168 valence electrons. The molecule has 0 unspecified atom stereocenters. The Morgan fingerprint density at radius 2 is 1.67 bits per heavy atom. The lowest BCUT2D eigenvalue weighted by Gasteiger charge is -2.23. The van der Waals surface area contributed by atoms with E-state index in [2.05, 4.69) is 4.98 Å². The zero-order valence-electron chi connectivity index (χ0n) is 18.4. The van der Waals surface area contributed by atoms with Crippen LogP contribution in [0.4, 0.5) is 0 Å². The van der Waals surface area contributed by atoms with E-state index in [4.69, 9.17) is 9.47 Å². The van der Waals surface area contributed by atoms with Gasteiger partial charge in [-0.3, -0.25) is 4.79 Å². The predicted octanol–water partition coefficient (Wildman–Crippen LogP) is 6.97. The van der Waals surface area contributed by atoms with Crippen LogP contribution in [-0.4, -0.2) is 22.2 Å². The summed E-state index contributed by atoms with van der Waals surface area (Å²) in [4.78, 5) is 15.2. The highest BCUT2D eigenvalue weighted by atomic mass is 16.5. The molecular formula is C28H27NO4. The largest absolute Gasteiger partial charge is 0.490 e. The average Bonchev–Trinajstić information content (AvgIpc) is 3.18. The highest BCUT2D eigenvalue weighted by molar-refractivity contribution is 5.94. The Balaban J connectivity index is 1.50. The van der Waals surface area contributed by atoms with E-state index in [9.17, 15) is 9.90 Å². The molecule has 1 aromatic heterocycles. The van der Waals surface area contributed by atoms with E-state index in [1.54, 1.807) is 0 Å². The number of H-pyrrole nitrogens is 1. The minimum Gasteiger partial charge on any atom is -0.490 e. The topological polar surface area (TPSA) is 71.5 Å². The molecule has 5 nitrogen and oxygen atoms in total. The Morgan fingerprint density at radius 3 is 2.45 bits per heavy atom. The van der Waals surface area contributed by atoms with E-state index >= 15 is 0 Å². The monoisotopic (exact) mass is 441 g/mol. The fourth-order valence-corrected chi connectivity index (χ4v) is 4.60. The quantitative estimate of drug-likeness (QED) is 0.325. The van der Waals surface area contributed by atoms with Gasteiger partial charge in [-0.25, -0.2) is 0 Å². The minimum atomic E-state index is -0.868. The van der Waals surface area contributed by atoms with Gasteiger partial charge in [0.1, 0.15) is 17.2 Å². The number of aromatic nitrogens is 1. The number of carbonyl (C=O) groups is 1. The van der Waals surface area contributed by atoms with Crippen molar-refractivity contribution in [2.45, 2.75) is 44.6 Å². The molecule has 1 aliphatic rings. The second kappa shape index (κ2) is 9.41. The Hall–Kier alpha value is -3.73. The molecule has 0 amide bonds. The van der Waals surface area contributed by atoms with Crippen molar-refractivity contribution in [1.29, 1.82) is 0 Å². The molecule has 1 heterocycles. The minimum absolute atomic E-state index is 0.0774. The fourth-order valence-electron chi connectivity index (χ4n) is 4.60. The molecule has 0 bridgehead atoms. The van der Waals surface area contributed by atoms with Gasteiger partial charge in [-0.05, 0) is 73.7 Å². The summed E-state index contributed by atoms with van der Waals surface area (Å²) in [5.74, 6) is 1.38. The first-order valence-corrected chi connectivity index (χ1v) is 11.5. The molecule has 1 aliphatic carbocycles. The maximum Gasteiger partial charge on any atom is 0.307 e. The van der Waals surface area contributed by atoms with E-state index in [0.717, 1.165) is 52.1 Å². The number of aliphatic carboxylic acids is 1. The van der Waals surface area contributed by atoms with Gasteiger partial charge in [-0.1, -0.05) is 36.8 Å². The number of benzene rings is 3. The molecule has 2 N–H and O–H groups in total. The average molecular weight is 442 g/mol. The summed E-state index contributed by atoms with van der Waals surface area (Å²) < 4.78 is 12.2. The molecular weight excluding hydrogens is 414 g/mol. The molecule has 33 heavy (non-hydrogen) atoms. The summed E-state index contributed by atoms with van der Waals surface area (Å²) in [6.45, 7) is 0. The van der Waals surface area contributed by atoms with Gasteiger partial charge in [0.25, 0.3) is 0 Å². The van der Waals surface area contributed by atoms with Gasteiger partial charge >= 0.3 is 5.97 Å². The molecule has 4 aromatic rings. The summed E-state index contributed by atoms with van der Waals surface area (Å²) in [6.07, 6.45) is 5.99. The third-order valence-electron chi connectivity index (χ3n) is 6.16. The van der Waals surface area contributed by atoms with Crippen molar-refractivity contribution in [3.8, 4) is 28.5 Å².